The van der Waals surface area contributed by atoms with Crippen molar-refractivity contribution < 1.29 is 17.5 Å². The minimum absolute atomic E-state index is 0.00438. The SMILES string of the molecule is O=S(O)CC1CCC(F)(F)C1. The molecule has 0 aliphatic heterocycles. The Morgan fingerprint density at radius 1 is 1.64 bits per heavy atom. The predicted molar refractivity (Wildman–Crippen MR) is 37.9 cm³/mol. The van der Waals surface area contributed by atoms with Crippen molar-refractivity contribution in [1.82, 2.24) is 0 Å². The number of alkyl halides is 2. The van der Waals surface area contributed by atoms with Gasteiger partial charge in [-0.25, -0.2) is 13.0 Å². The zero-order chi connectivity index (χ0) is 8.48. The van der Waals surface area contributed by atoms with Crippen LogP contribution in [0, 0.1) is 5.92 Å². The summed E-state index contributed by atoms with van der Waals surface area (Å²) in [5, 5.41) is 0. The molecule has 0 heterocycles. The zero-order valence-corrected chi connectivity index (χ0v) is 6.74. The largest absolute Gasteiger partial charge is 0.306 e. The van der Waals surface area contributed by atoms with Gasteiger partial charge in [-0.1, -0.05) is 0 Å². The first kappa shape index (κ1) is 9.06. The van der Waals surface area contributed by atoms with Gasteiger partial charge in [-0.3, -0.25) is 0 Å². The molecule has 2 nitrogen and oxygen atoms in total. The maximum Gasteiger partial charge on any atom is 0.248 e. The lowest BCUT2D eigenvalue weighted by molar-refractivity contribution is 0.00592. The molecule has 0 amide bonds. The monoisotopic (exact) mass is 184 g/mol. The average Bonchev–Trinajstić information content (AvgIpc) is 2.08. The molecule has 1 rings (SSSR count). The molecule has 2 atom stereocenters. The Bertz CT molecular complexity index is 172. The van der Waals surface area contributed by atoms with Gasteiger partial charge in [-0.15, -0.1) is 0 Å². The summed E-state index contributed by atoms with van der Waals surface area (Å²) in [6.45, 7) is 0. The molecule has 1 aliphatic rings. The summed E-state index contributed by atoms with van der Waals surface area (Å²) in [4.78, 5) is 0. The molecular weight excluding hydrogens is 174 g/mol. The van der Waals surface area contributed by atoms with Gasteiger partial charge in [-0.05, 0) is 12.3 Å². The summed E-state index contributed by atoms with van der Waals surface area (Å²) in [6.07, 6.45) is 0.0213. The van der Waals surface area contributed by atoms with Gasteiger partial charge in [0.2, 0.25) is 5.92 Å². The van der Waals surface area contributed by atoms with Gasteiger partial charge < -0.3 is 4.55 Å². The summed E-state index contributed by atoms with van der Waals surface area (Å²) in [5.41, 5.74) is 0. The topological polar surface area (TPSA) is 37.3 Å². The van der Waals surface area contributed by atoms with Crippen LogP contribution in [0.3, 0.4) is 0 Å². The van der Waals surface area contributed by atoms with Crippen molar-refractivity contribution in [3.63, 3.8) is 0 Å². The van der Waals surface area contributed by atoms with Gasteiger partial charge >= 0.3 is 0 Å². The van der Waals surface area contributed by atoms with E-state index in [0.29, 0.717) is 6.42 Å². The molecule has 2 unspecified atom stereocenters. The number of halogens is 2. The van der Waals surface area contributed by atoms with Crippen molar-refractivity contribution in [3.8, 4) is 0 Å². The molecule has 0 aromatic rings. The third kappa shape index (κ3) is 2.83. The van der Waals surface area contributed by atoms with Gasteiger partial charge in [-0.2, -0.15) is 0 Å². The fraction of sp³-hybridized carbons (Fsp3) is 1.00. The van der Waals surface area contributed by atoms with Crippen molar-refractivity contribution in [2.24, 2.45) is 5.92 Å². The van der Waals surface area contributed by atoms with Crippen molar-refractivity contribution in [2.75, 3.05) is 5.75 Å². The third-order valence-electron chi connectivity index (χ3n) is 1.88. The van der Waals surface area contributed by atoms with Gasteiger partial charge in [0.15, 0.2) is 11.1 Å². The van der Waals surface area contributed by atoms with E-state index in [1.54, 1.807) is 0 Å². The first-order valence-electron chi connectivity index (χ1n) is 3.45. The molecule has 0 bridgehead atoms. The maximum atomic E-state index is 12.5. The summed E-state index contributed by atoms with van der Waals surface area (Å²) in [6, 6.07) is 0. The Labute approximate surface area is 66.3 Å². The predicted octanol–water partition coefficient (Wildman–Crippen LogP) is 1.64. The maximum absolute atomic E-state index is 12.5. The van der Waals surface area contributed by atoms with Crippen LogP contribution >= 0.6 is 0 Å². The van der Waals surface area contributed by atoms with E-state index in [0.717, 1.165) is 0 Å². The summed E-state index contributed by atoms with van der Waals surface area (Å²) in [5.74, 6) is -2.87. The van der Waals surface area contributed by atoms with Crippen LogP contribution in [0.25, 0.3) is 0 Å². The molecule has 0 aromatic carbocycles. The first-order valence-corrected chi connectivity index (χ1v) is 4.72. The third-order valence-corrected chi connectivity index (χ3v) is 2.64. The molecule has 0 aromatic heterocycles. The van der Waals surface area contributed by atoms with Crippen molar-refractivity contribution in [1.29, 1.82) is 0 Å². The van der Waals surface area contributed by atoms with Crippen LogP contribution in [0.5, 0.6) is 0 Å². The van der Waals surface area contributed by atoms with E-state index in [2.05, 4.69) is 0 Å². The Kier molecular flexibility index (Phi) is 2.59. The molecule has 0 spiro atoms. The van der Waals surface area contributed by atoms with Crippen LogP contribution in [-0.2, 0) is 11.1 Å². The Morgan fingerprint density at radius 3 is 2.64 bits per heavy atom. The molecule has 11 heavy (non-hydrogen) atoms. The molecule has 1 N–H and O–H groups in total. The summed E-state index contributed by atoms with van der Waals surface area (Å²) in [7, 11) is 0. The zero-order valence-electron chi connectivity index (χ0n) is 5.93. The van der Waals surface area contributed by atoms with E-state index in [1.165, 1.54) is 0 Å². The molecular formula is C6H10F2O2S. The molecule has 5 heteroatoms. The quantitative estimate of drug-likeness (QED) is 0.662. The highest BCUT2D eigenvalue weighted by Gasteiger charge is 2.39. The lowest BCUT2D eigenvalue weighted by Crippen LogP contribution is -2.12. The second-order valence-electron chi connectivity index (χ2n) is 2.95. The average molecular weight is 184 g/mol. The van der Waals surface area contributed by atoms with E-state index in [9.17, 15) is 13.0 Å². The van der Waals surface area contributed by atoms with E-state index < -0.39 is 17.0 Å². The normalized spacial score (nSPS) is 32.1. The Hall–Kier alpha value is -0.0300. The molecule has 1 fully saturated rings. The first-order chi connectivity index (χ1) is 4.99. The van der Waals surface area contributed by atoms with Gasteiger partial charge in [0, 0.05) is 12.8 Å². The minimum Gasteiger partial charge on any atom is -0.306 e. The number of hydrogen-bond donors (Lipinski definition) is 1. The molecule has 66 valence electrons. The van der Waals surface area contributed by atoms with Crippen LogP contribution < -0.4 is 0 Å². The molecule has 0 radical (unpaired) electrons. The number of hydrogen-bond acceptors (Lipinski definition) is 1. The smallest absolute Gasteiger partial charge is 0.248 e. The van der Waals surface area contributed by atoms with E-state index >= 15 is 0 Å². The Morgan fingerprint density at radius 2 is 2.27 bits per heavy atom. The van der Waals surface area contributed by atoms with Gasteiger partial charge in [0.05, 0.1) is 5.75 Å². The minimum atomic E-state index is -2.59. The van der Waals surface area contributed by atoms with Gasteiger partial charge in [0.25, 0.3) is 0 Å². The van der Waals surface area contributed by atoms with Crippen molar-refractivity contribution in [3.05, 3.63) is 0 Å². The van der Waals surface area contributed by atoms with Crippen LogP contribution in [0.1, 0.15) is 19.3 Å². The second kappa shape index (κ2) is 3.15. The lowest BCUT2D eigenvalue weighted by Gasteiger charge is -2.07. The molecule has 0 saturated heterocycles. The highest BCUT2D eigenvalue weighted by molar-refractivity contribution is 7.79. The van der Waals surface area contributed by atoms with E-state index in [-0.39, 0.29) is 24.5 Å². The van der Waals surface area contributed by atoms with Crippen molar-refractivity contribution >= 4 is 11.1 Å². The van der Waals surface area contributed by atoms with Crippen LogP contribution in [0.2, 0.25) is 0 Å². The fourth-order valence-corrected chi connectivity index (χ4v) is 2.07. The van der Waals surface area contributed by atoms with E-state index in [1.807, 2.05) is 0 Å². The molecule has 1 aliphatic carbocycles. The Balaban J connectivity index is 2.36. The van der Waals surface area contributed by atoms with Gasteiger partial charge in [0.1, 0.15) is 0 Å². The van der Waals surface area contributed by atoms with Crippen LogP contribution in [-0.4, -0.2) is 20.4 Å². The fourth-order valence-electron chi connectivity index (χ4n) is 1.39. The highest BCUT2D eigenvalue weighted by atomic mass is 32.2. The van der Waals surface area contributed by atoms with Crippen LogP contribution in [0.15, 0.2) is 0 Å². The van der Waals surface area contributed by atoms with E-state index in [4.69, 9.17) is 4.55 Å². The highest BCUT2D eigenvalue weighted by Crippen LogP contribution is 2.38. The lowest BCUT2D eigenvalue weighted by atomic mass is 10.1. The summed E-state index contributed by atoms with van der Waals surface area (Å²) < 4.78 is 43.6. The molecule has 1 saturated carbocycles. The van der Waals surface area contributed by atoms with Crippen molar-refractivity contribution in [2.45, 2.75) is 25.2 Å². The second-order valence-corrected chi connectivity index (χ2v) is 3.93. The van der Waals surface area contributed by atoms with Crippen LogP contribution in [0.4, 0.5) is 8.78 Å². The number of rotatable bonds is 2. The summed E-state index contributed by atoms with van der Waals surface area (Å²) >= 11 is -1.92. The standard InChI is InChI=1S/C6H10F2O2S/c7-6(8)2-1-5(3-6)4-11(9)10/h5H,1-4H2,(H,9,10).